The Hall–Kier alpha value is -1.77. The van der Waals surface area contributed by atoms with Gasteiger partial charge in [-0.25, -0.2) is 0 Å². The summed E-state index contributed by atoms with van der Waals surface area (Å²) in [4.78, 5) is 4.09. The first-order valence-corrected chi connectivity index (χ1v) is 3.95. The maximum absolute atomic E-state index is 9.24. The fraction of sp³-hybridized carbons (Fsp3) is 0.100. The fourth-order valence-electron chi connectivity index (χ4n) is 1.28. The summed E-state index contributed by atoms with van der Waals surface area (Å²) in [5, 5.41) is 20.1. The molecule has 0 bridgehead atoms. The Morgan fingerprint density at radius 3 is 2.31 bits per heavy atom. The minimum Gasteiger partial charge on any atom is -0.504 e. The molecule has 1 heterocycles. The van der Waals surface area contributed by atoms with Gasteiger partial charge in [-0.1, -0.05) is 0 Å². The number of rotatable bonds is 0. The zero-order chi connectivity index (χ0) is 9.42. The van der Waals surface area contributed by atoms with Crippen LogP contribution in [0, 0.1) is 6.92 Å². The molecule has 66 valence electrons. The van der Waals surface area contributed by atoms with Crippen LogP contribution in [0.3, 0.4) is 0 Å². The molecule has 2 rings (SSSR count). The van der Waals surface area contributed by atoms with Crippen LogP contribution >= 0.6 is 0 Å². The average molecular weight is 175 g/mol. The number of aromatic nitrogens is 1. The molecule has 2 N–H and O–H groups in total. The maximum atomic E-state index is 9.24. The highest BCUT2D eigenvalue weighted by atomic mass is 16.3. The Bertz CT molecular complexity index is 466. The monoisotopic (exact) mass is 175 g/mol. The first-order valence-electron chi connectivity index (χ1n) is 3.95. The van der Waals surface area contributed by atoms with Crippen LogP contribution in [0.4, 0.5) is 0 Å². The molecule has 0 atom stereocenters. The van der Waals surface area contributed by atoms with Gasteiger partial charge in [-0.2, -0.15) is 0 Å². The zero-order valence-corrected chi connectivity index (χ0v) is 7.15. The Labute approximate surface area is 75.3 Å². The Morgan fingerprint density at radius 2 is 1.62 bits per heavy atom. The highest BCUT2D eigenvalue weighted by Crippen LogP contribution is 2.29. The van der Waals surface area contributed by atoms with Crippen LogP contribution in [0.1, 0.15) is 5.69 Å². The van der Waals surface area contributed by atoms with E-state index in [0.29, 0.717) is 0 Å². The summed E-state index contributed by atoms with van der Waals surface area (Å²) in [6.07, 6.45) is 1.67. The van der Waals surface area contributed by atoms with Crippen molar-refractivity contribution >= 4 is 10.8 Å². The van der Waals surface area contributed by atoms with Gasteiger partial charge in [0.1, 0.15) is 0 Å². The van der Waals surface area contributed by atoms with Gasteiger partial charge in [0.15, 0.2) is 11.5 Å². The molecule has 3 heteroatoms. The van der Waals surface area contributed by atoms with Crippen molar-refractivity contribution in [1.82, 2.24) is 4.98 Å². The largest absolute Gasteiger partial charge is 0.504 e. The van der Waals surface area contributed by atoms with E-state index < -0.39 is 0 Å². The number of nitrogens with zero attached hydrogens (tertiary/aromatic N) is 1. The van der Waals surface area contributed by atoms with Crippen molar-refractivity contribution < 1.29 is 10.2 Å². The SMILES string of the molecule is Cc1cc2cc(O)c(O)cc2cn1. The van der Waals surface area contributed by atoms with Crippen molar-refractivity contribution in [2.24, 2.45) is 0 Å². The van der Waals surface area contributed by atoms with Gasteiger partial charge < -0.3 is 10.2 Å². The topological polar surface area (TPSA) is 53.4 Å². The van der Waals surface area contributed by atoms with E-state index in [1.165, 1.54) is 12.1 Å². The quantitative estimate of drug-likeness (QED) is 0.602. The van der Waals surface area contributed by atoms with Crippen molar-refractivity contribution in [2.75, 3.05) is 0 Å². The van der Waals surface area contributed by atoms with E-state index in [1.807, 2.05) is 13.0 Å². The van der Waals surface area contributed by atoms with Crippen molar-refractivity contribution in [3.63, 3.8) is 0 Å². The number of hydrogen-bond donors (Lipinski definition) is 2. The lowest BCUT2D eigenvalue weighted by atomic mass is 10.1. The van der Waals surface area contributed by atoms with E-state index >= 15 is 0 Å². The standard InChI is InChI=1S/C10H9NO2/c1-6-2-7-3-9(12)10(13)4-8(7)5-11-6/h2-5,12-13H,1H3. The molecular formula is C10H9NO2. The smallest absolute Gasteiger partial charge is 0.158 e. The number of aryl methyl sites for hydroxylation is 1. The third-order valence-electron chi connectivity index (χ3n) is 1.95. The summed E-state index contributed by atoms with van der Waals surface area (Å²) in [6, 6.07) is 4.88. The first kappa shape index (κ1) is 7.86. The van der Waals surface area contributed by atoms with Crippen LogP contribution in [-0.4, -0.2) is 15.2 Å². The number of phenolic OH excluding ortho intramolecular Hbond substituents is 2. The molecule has 0 amide bonds. The zero-order valence-electron chi connectivity index (χ0n) is 7.15. The van der Waals surface area contributed by atoms with E-state index in [4.69, 9.17) is 0 Å². The third-order valence-corrected chi connectivity index (χ3v) is 1.95. The number of phenols is 2. The van der Waals surface area contributed by atoms with Crippen LogP contribution in [0.2, 0.25) is 0 Å². The van der Waals surface area contributed by atoms with Gasteiger partial charge in [0.25, 0.3) is 0 Å². The highest BCUT2D eigenvalue weighted by Gasteiger charge is 2.01. The summed E-state index contributed by atoms with van der Waals surface area (Å²) >= 11 is 0. The lowest BCUT2D eigenvalue weighted by Gasteiger charge is -2.01. The van der Waals surface area contributed by atoms with Gasteiger partial charge >= 0.3 is 0 Å². The molecule has 1 aromatic carbocycles. The van der Waals surface area contributed by atoms with Crippen LogP contribution in [-0.2, 0) is 0 Å². The van der Waals surface area contributed by atoms with Crippen molar-refractivity contribution in [1.29, 1.82) is 0 Å². The van der Waals surface area contributed by atoms with Gasteiger partial charge in [-0.05, 0) is 30.5 Å². The predicted molar refractivity (Wildman–Crippen MR) is 49.8 cm³/mol. The summed E-state index contributed by atoms with van der Waals surface area (Å²) in [7, 11) is 0. The molecule has 3 nitrogen and oxygen atoms in total. The molecule has 0 saturated carbocycles. The molecule has 1 aromatic heterocycles. The molecule has 13 heavy (non-hydrogen) atoms. The Morgan fingerprint density at radius 1 is 1.00 bits per heavy atom. The van der Waals surface area contributed by atoms with E-state index in [9.17, 15) is 10.2 Å². The number of benzene rings is 1. The summed E-state index contributed by atoms with van der Waals surface area (Å²) in [5.41, 5.74) is 0.887. The lowest BCUT2D eigenvalue weighted by Crippen LogP contribution is -1.81. The number of aromatic hydroxyl groups is 2. The molecule has 0 saturated heterocycles. The minimum atomic E-state index is -0.113. The van der Waals surface area contributed by atoms with Gasteiger partial charge in [0.05, 0.1) is 0 Å². The molecule has 0 aliphatic rings. The minimum absolute atomic E-state index is 0.0990. The first-order chi connectivity index (χ1) is 6.16. The molecular weight excluding hydrogens is 166 g/mol. The van der Waals surface area contributed by atoms with Crippen LogP contribution in [0.25, 0.3) is 10.8 Å². The molecule has 0 fully saturated rings. The number of hydrogen-bond acceptors (Lipinski definition) is 3. The number of pyridine rings is 1. The summed E-state index contributed by atoms with van der Waals surface area (Å²) < 4.78 is 0. The lowest BCUT2D eigenvalue weighted by molar-refractivity contribution is 0.405. The molecule has 0 aliphatic heterocycles. The van der Waals surface area contributed by atoms with E-state index in [2.05, 4.69) is 4.98 Å². The van der Waals surface area contributed by atoms with Gasteiger partial charge in [-0.3, -0.25) is 4.98 Å². The van der Waals surface area contributed by atoms with Gasteiger partial charge in [0.2, 0.25) is 0 Å². The third kappa shape index (κ3) is 1.28. The van der Waals surface area contributed by atoms with Crippen LogP contribution < -0.4 is 0 Å². The van der Waals surface area contributed by atoms with E-state index in [-0.39, 0.29) is 11.5 Å². The van der Waals surface area contributed by atoms with Crippen LogP contribution in [0.15, 0.2) is 24.4 Å². The van der Waals surface area contributed by atoms with Crippen molar-refractivity contribution in [3.8, 4) is 11.5 Å². The van der Waals surface area contributed by atoms with E-state index in [1.54, 1.807) is 6.20 Å². The Kier molecular flexibility index (Phi) is 1.59. The van der Waals surface area contributed by atoms with Gasteiger partial charge in [0, 0.05) is 17.3 Å². The second-order valence-corrected chi connectivity index (χ2v) is 3.01. The summed E-state index contributed by atoms with van der Waals surface area (Å²) in [6.45, 7) is 1.88. The summed E-state index contributed by atoms with van der Waals surface area (Å²) in [5.74, 6) is -0.212. The molecule has 0 radical (unpaired) electrons. The second kappa shape index (κ2) is 2.62. The fourth-order valence-corrected chi connectivity index (χ4v) is 1.28. The van der Waals surface area contributed by atoms with Gasteiger partial charge in [-0.15, -0.1) is 0 Å². The normalized spacial score (nSPS) is 10.5. The number of fused-ring (bicyclic) bond motifs is 1. The molecule has 0 spiro atoms. The van der Waals surface area contributed by atoms with E-state index in [0.717, 1.165) is 16.5 Å². The Balaban J connectivity index is 2.81. The maximum Gasteiger partial charge on any atom is 0.158 e. The molecule has 0 unspecified atom stereocenters. The second-order valence-electron chi connectivity index (χ2n) is 3.01. The highest BCUT2D eigenvalue weighted by molar-refractivity contribution is 5.85. The average Bonchev–Trinajstić information content (AvgIpc) is 2.08. The van der Waals surface area contributed by atoms with Crippen molar-refractivity contribution in [3.05, 3.63) is 30.1 Å². The molecule has 0 aliphatic carbocycles. The van der Waals surface area contributed by atoms with Crippen LogP contribution in [0.5, 0.6) is 11.5 Å². The predicted octanol–water partition coefficient (Wildman–Crippen LogP) is 1.95. The van der Waals surface area contributed by atoms with Crippen molar-refractivity contribution in [2.45, 2.75) is 6.92 Å². The molecule has 2 aromatic rings.